The van der Waals surface area contributed by atoms with E-state index in [1.54, 1.807) is 0 Å². The van der Waals surface area contributed by atoms with Gasteiger partial charge in [-0.15, -0.1) is 0 Å². The van der Waals surface area contributed by atoms with E-state index in [1.165, 1.54) is 14.0 Å². The number of hydrogen-bond donors (Lipinski definition) is 1. The van der Waals surface area contributed by atoms with E-state index < -0.39 is 9.96 Å². The van der Waals surface area contributed by atoms with Crippen LogP contribution in [0, 0.1) is 0 Å². The van der Waals surface area contributed by atoms with Crippen molar-refractivity contribution >= 4 is 47.1 Å². The van der Waals surface area contributed by atoms with E-state index in [-0.39, 0.29) is 5.91 Å². The lowest BCUT2D eigenvalue weighted by Crippen LogP contribution is -2.53. The summed E-state index contributed by atoms with van der Waals surface area (Å²) in [5, 5.41) is 2.23. The van der Waals surface area contributed by atoms with Crippen LogP contribution >= 0.6 is 34.8 Å². The van der Waals surface area contributed by atoms with Gasteiger partial charge < -0.3 is 10.2 Å². The zero-order valence-corrected chi connectivity index (χ0v) is 9.32. The third kappa shape index (κ3) is 4.02. The predicted molar refractivity (Wildman–Crippen MR) is 51.7 cm³/mol. The van der Waals surface area contributed by atoms with Crippen molar-refractivity contribution in [2.75, 3.05) is 7.05 Å². The summed E-state index contributed by atoms with van der Waals surface area (Å²) in [6.07, 6.45) is -0.598. The van der Waals surface area contributed by atoms with Gasteiger partial charge in [0.25, 0.3) is 0 Å². The van der Waals surface area contributed by atoms with Crippen LogP contribution in [0.3, 0.4) is 0 Å². The highest BCUT2D eigenvalue weighted by Crippen LogP contribution is 2.31. The normalized spacial score (nSPS) is 13.3. The fraction of sp³-hybridized carbons (Fsp3) is 0.667. The fourth-order valence-electron chi connectivity index (χ4n) is 0.672. The maximum atomic E-state index is 10.9. The molecule has 0 aromatic rings. The summed E-state index contributed by atoms with van der Waals surface area (Å²) >= 11 is 16.6. The number of halogens is 3. The molecule has 0 spiro atoms. The van der Waals surface area contributed by atoms with E-state index in [2.05, 4.69) is 5.32 Å². The Morgan fingerprint density at radius 1 is 1.54 bits per heavy atom. The molecule has 1 unspecified atom stereocenters. The molecule has 0 saturated heterocycles. The summed E-state index contributed by atoms with van der Waals surface area (Å²) in [5.74, 6) is -0.314. The summed E-state index contributed by atoms with van der Waals surface area (Å²) in [6, 6.07) is 0. The molecule has 1 N–H and O–H groups in total. The molecule has 76 valence electrons. The van der Waals surface area contributed by atoms with Crippen LogP contribution in [0.25, 0.3) is 0 Å². The minimum absolute atomic E-state index is 0.314. The molecule has 0 fully saturated rings. The van der Waals surface area contributed by atoms with Gasteiger partial charge in [0.15, 0.2) is 6.17 Å². The average Bonchev–Trinajstić information content (AvgIpc) is 1.96. The van der Waals surface area contributed by atoms with Gasteiger partial charge in [-0.25, -0.2) is 0 Å². The molecule has 7 heteroatoms. The number of hydrogen-bond acceptors (Lipinski definition) is 2. The first-order chi connectivity index (χ1) is 5.80. The average molecular weight is 248 g/mol. The number of alkyl halides is 3. The molecule has 0 aliphatic carbocycles. The number of rotatable bonds is 3. The smallest absolute Gasteiger partial charge is 0.228 e. The predicted octanol–water partition coefficient (Wildman–Crippen LogP) is 0.907. The zero-order chi connectivity index (χ0) is 10.6. The van der Waals surface area contributed by atoms with Crippen LogP contribution in [0.1, 0.15) is 6.92 Å². The van der Waals surface area contributed by atoms with Crippen LogP contribution in [-0.4, -0.2) is 34.2 Å². The lowest BCUT2D eigenvalue weighted by molar-refractivity contribution is -0.130. The summed E-state index contributed by atoms with van der Waals surface area (Å²) in [7, 11) is 1.42. The first-order valence-corrected chi connectivity index (χ1v) is 4.44. The Balaban J connectivity index is 4.60. The zero-order valence-electron chi connectivity index (χ0n) is 7.05. The quantitative estimate of drug-likeness (QED) is 0.458. The fourth-order valence-corrected chi connectivity index (χ4v) is 1.30. The molecule has 0 aromatic heterocycles. The lowest BCUT2D eigenvalue weighted by Gasteiger charge is -2.31. The number of nitrogens with zero attached hydrogens (tertiary/aromatic N) is 1. The molecule has 0 radical (unpaired) electrons. The van der Waals surface area contributed by atoms with Crippen molar-refractivity contribution in [1.29, 1.82) is 0 Å². The first-order valence-electron chi connectivity index (χ1n) is 3.30. The Morgan fingerprint density at radius 3 is 2.23 bits per heavy atom. The first kappa shape index (κ1) is 12.8. The molecular formula is C6H9Cl3N2O2. The van der Waals surface area contributed by atoms with Crippen LogP contribution in [0.4, 0.5) is 0 Å². The maximum Gasteiger partial charge on any atom is 0.228 e. The molecule has 0 aliphatic rings. The molecular weight excluding hydrogens is 238 g/mol. The second-order valence-electron chi connectivity index (χ2n) is 2.36. The number of carbonyl (C=O) groups excluding carboxylic acids is 2. The third-order valence-corrected chi connectivity index (χ3v) is 2.04. The van der Waals surface area contributed by atoms with Gasteiger partial charge in [0.2, 0.25) is 16.1 Å². The summed E-state index contributed by atoms with van der Waals surface area (Å²) in [4.78, 5) is 22.2. The van der Waals surface area contributed by atoms with Crippen molar-refractivity contribution in [1.82, 2.24) is 10.2 Å². The van der Waals surface area contributed by atoms with E-state index in [9.17, 15) is 9.59 Å². The Labute approximate surface area is 91.1 Å². The van der Waals surface area contributed by atoms with Gasteiger partial charge in [-0.05, 0) is 0 Å². The Kier molecular flexibility index (Phi) is 4.81. The van der Waals surface area contributed by atoms with Crippen molar-refractivity contribution < 1.29 is 9.59 Å². The van der Waals surface area contributed by atoms with Crippen molar-refractivity contribution in [3.8, 4) is 0 Å². The van der Waals surface area contributed by atoms with Crippen LogP contribution in [0.2, 0.25) is 0 Å². The molecule has 1 atom stereocenters. The lowest BCUT2D eigenvalue weighted by atomic mass is 10.4. The SMILES string of the molecule is CC(=O)N(C)C(NC=O)C(Cl)(Cl)Cl. The van der Waals surface area contributed by atoms with Crippen molar-refractivity contribution in [3.63, 3.8) is 0 Å². The molecule has 0 aromatic carbocycles. The van der Waals surface area contributed by atoms with Crippen molar-refractivity contribution in [3.05, 3.63) is 0 Å². The van der Waals surface area contributed by atoms with Gasteiger partial charge >= 0.3 is 0 Å². The second-order valence-corrected chi connectivity index (χ2v) is 4.73. The van der Waals surface area contributed by atoms with Crippen LogP contribution in [-0.2, 0) is 9.59 Å². The molecule has 2 amide bonds. The standard InChI is InChI=1S/C6H9Cl3N2O2/c1-4(13)11(2)5(10-3-12)6(7,8)9/h3,5H,1-2H3,(H,10,12). The molecule has 0 saturated carbocycles. The van der Waals surface area contributed by atoms with Gasteiger partial charge in [-0.1, -0.05) is 34.8 Å². The molecule has 0 bridgehead atoms. The van der Waals surface area contributed by atoms with E-state index in [4.69, 9.17) is 34.8 Å². The third-order valence-electron chi connectivity index (χ3n) is 1.42. The monoisotopic (exact) mass is 246 g/mol. The highest BCUT2D eigenvalue weighted by Gasteiger charge is 2.36. The minimum Gasteiger partial charge on any atom is -0.335 e. The number of nitrogens with one attached hydrogen (secondary N) is 1. The van der Waals surface area contributed by atoms with Gasteiger partial charge in [0, 0.05) is 14.0 Å². The van der Waals surface area contributed by atoms with Crippen molar-refractivity contribution in [2.45, 2.75) is 16.9 Å². The maximum absolute atomic E-state index is 10.9. The number of amides is 2. The highest BCUT2D eigenvalue weighted by atomic mass is 35.6. The van der Waals surface area contributed by atoms with Crippen LogP contribution < -0.4 is 5.32 Å². The summed E-state index contributed by atoms with van der Waals surface area (Å²) in [6.45, 7) is 1.30. The van der Waals surface area contributed by atoms with E-state index in [1.807, 2.05) is 0 Å². The topological polar surface area (TPSA) is 49.4 Å². The molecule has 13 heavy (non-hydrogen) atoms. The van der Waals surface area contributed by atoms with Gasteiger partial charge in [-0.3, -0.25) is 9.59 Å². The minimum atomic E-state index is -1.75. The molecule has 0 heterocycles. The molecule has 0 rings (SSSR count). The van der Waals surface area contributed by atoms with E-state index in [0.717, 1.165) is 4.90 Å². The molecule has 4 nitrogen and oxygen atoms in total. The van der Waals surface area contributed by atoms with Crippen LogP contribution in [0.5, 0.6) is 0 Å². The van der Waals surface area contributed by atoms with E-state index >= 15 is 0 Å². The van der Waals surface area contributed by atoms with E-state index in [0.29, 0.717) is 6.41 Å². The Morgan fingerprint density at radius 2 is 2.00 bits per heavy atom. The van der Waals surface area contributed by atoms with Gasteiger partial charge in [-0.2, -0.15) is 0 Å². The molecule has 0 aliphatic heterocycles. The summed E-state index contributed by atoms with van der Waals surface area (Å²) in [5.41, 5.74) is 0. The Bertz CT molecular complexity index is 205. The van der Waals surface area contributed by atoms with Gasteiger partial charge in [0.1, 0.15) is 0 Å². The summed E-state index contributed by atoms with van der Waals surface area (Å²) < 4.78 is -1.75. The second kappa shape index (κ2) is 4.88. The van der Waals surface area contributed by atoms with Gasteiger partial charge in [0.05, 0.1) is 0 Å². The Hall–Kier alpha value is -0.190. The van der Waals surface area contributed by atoms with Crippen LogP contribution in [0.15, 0.2) is 0 Å². The largest absolute Gasteiger partial charge is 0.335 e. The highest BCUT2D eigenvalue weighted by molar-refractivity contribution is 6.68. The number of carbonyl (C=O) groups is 2. The van der Waals surface area contributed by atoms with Crippen molar-refractivity contribution in [2.24, 2.45) is 0 Å².